The highest BCUT2D eigenvalue weighted by Crippen LogP contribution is 2.23. The summed E-state index contributed by atoms with van der Waals surface area (Å²) in [5, 5.41) is 3.66. The van der Waals surface area contributed by atoms with Crippen molar-refractivity contribution in [3.8, 4) is 0 Å². The molecule has 33 heavy (non-hydrogen) atoms. The van der Waals surface area contributed by atoms with Gasteiger partial charge in [-0.3, -0.25) is 14.4 Å². The van der Waals surface area contributed by atoms with Crippen molar-refractivity contribution in [3.63, 3.8) is 0 Å². The molecule has 0 unspecified atom stereocenters. The molecule has 3 heterocycles. The van der Waals surface area contributed by atoms with Crippen LogP contribution in [-0.4, -0.2) is 58.1 Å². The fourth-order valence-electron chi connectivity index (χ4n) is 3.79. The smallest absolute Gasteiger partial charge is 0.289 e. The van der Waals surface area contributed by atoms with Gasteiger partial charge in [-0.1, -0.05) is 18.2 Å². The Kier molecular flexibility index (Phi) is 5.62. The molecule has 0 radical (unpaired) electrons. The van der Waals surface area contributed by atoms with Crippen molar-refractivity contribution in [1.82, 2.24) is 14.2 Å². The minimum atomic E-state index is -0.288. The monoisotopic (exact) mass is 460 g/mol. The maximum atomic E-state index is 12.9. The van der Waals surface area contributed by atoms with Crippen molar-refractivity contribution in [2.45, 2.75) is 0 Å². The molecule has 1 N–H and O–H groups in total. The first-order valence-corrected chi connectivity index (χ1v) is 11.3. The standard InChI is InChI=1S/C24H20N4O4S/c29-22(21-18-4-1-2-6-20(18)33-26-21)25-17-9-7-16(8-10-17)23(30)27-11-13-28(14-12-27)24(31)19-5-3-15-32-19/h1-10,15H,11-14H2,(H,25,29). The number of hydrogen-bond donors (Lipinski definition) is 1. The number of anilines is 1. The van der Waals surface area contributed by atoms with Gasteiger partial charge in [0.15, 0.2) is 5.76 Å². The Morgan fingerprint density at radius 2 is 1.55 bits per heavy atom. The lowest BCUT2D eigenvalue weighted by Crippen LogP contribution is -2.50. The third-order valence-electron chi connectivity index (χ3n) is 5.57. The predicted molar refractivity (Wildman–Crippen MR) is 125 cm³/mol. The van der Waals surface area contributed by atoms with Crippen LogP contribution >= 0.6 is 11.5 Å². The van der Waals surface area contributed by atoms with Crippen LogP contribution in [0.2, 0.25) is 0 Å². The first-order valence-electron chi connectivity index (χ1n) is 10.5. The number of aromatic nitrogens is 1. The van der Waals surface area contributed by atoms with Gasteiger partial charge < -0.3 is 19.5 Å². The summed E-state index contributed by atoms with van der Waals surface area (Å²) < 4.78 is 10.4. The first-order chi connectivity index (χ1) is 16.1. The average molecular weight is 461 g/mol. The van der Waals surface area contributed by atoms with Gasteiger partial charge in [-0.15, -0.1) is 0 Å². The van der Waals surface area contributed by atoms with Gasteiger partial charge in [0.05, 0.1) is 11.0 Å². The summed E-state index contributed by atoms with van der Waals surface area (Å²) in [4.78, 5) is 41.3. The van der Waals surface area contributed by atoms with E-state index >= 15 is 0 Å². The second kappa shape index (κ2) is 8.87. The Hall–Kier alpha value is -3.98. The van der Waals surface area contributed by atoms with Crippen LogP contribution in [0.3, 0.4) is 0 Å². The van der Waals surface area contributed by atoms with E-state index in [1.807, 2.05) is 24.3 Å². The summed E-state index contributed by atoms with van der Waals surface area (Å²) in [5.41, 5.74) is 1.50. The maximum Gasteiger partial charge on any atom is 0.289 e. The van der Waals surface area contributed by atoms with Crippen LogP contribution in [0.5, 0.6) is 0 Å². The molecule has 1 aliphatic rings. The van der Waals surface area contributed by atoms with Crippen LogP contribution in [0.1, 0.15) is 31.4 Å². The van der Waals surface area contributed by atoms with Crippen molar-refractivity contribution < 1.29 is 18.8 Å². The second-order valence-electron chi connectivity index (χ2n) is 7.62. The van der Waals surface area contributed by atoms with Crippen molar-refractivity contribution in [2.24, 2.45) is 0 Å². The number of fused-ring (bicyclic) bond motifs is 1. The van der Waals surface area contributed by atoms with Gasteiger partial charge in [-0.05, 0) is 54.0 Å². The fraction of sp³-hybridized carbons (Fsp3) is 0.167. The van der Waals surface area contributed by atoms with Crippen molar-refractivity contribution in [3.05, 3.63) is 83.9 Å². The van der Waals surface area contributed by atoms with E-state index in [1.54, 1.807) is 46.2 Å². The molecule has 166 valence electrons. The lowest BCUT2D eigenvalue weighted by atomic mass is 10.1. The predicted octanol–water partition coefficient (Wildman–Crippen LogP) is 3.74. The van der Waals surface area contributed by atoms with E-state index in [-0.39, 0.29) is 17.7 Å². The molecule has 5 rings (SSSR count). The molecule has 2 aromatic carbocycles. The Morgan fingerprint density at radius 3 is 2.24 bits per heavy atom. The zero-order valence-electron chi connectivity index (χ0n) is 17.6. The first kappa shape index (κ1) is 20.9. The normalized spacial score (nSPS) is 13.8. The number of piperazine rings is 1. The Labute approximate surface area is 193 Å². The van der Waals surface area contributed by atoms with Gasteiger partial charge >= 0.3 is 0 Å². The van der Waals surface area contributed by atoms with Crippen LogP contribution in [-0.2, 0) is 0 Å². The number of furan rings is 1. The van der Waals surface area contributed by atoms with Gasteiger partial charge in [0.2, 0.25) is 0 Å². The zero-order chi connectivity index (χ0) is 22.8. The summed E-state index contributed by atoms with van der Waals surface area (Å²) >= 11 is 1.29. The van der Waals surface area contributed by atoms with Gasteiger partial charge in [-0.25, -0.2) is 0 Å². The molecule has 0 bridgehead atoms. The summed E-state index contributed by atoms with van der Waals surface area (Å²) in [6.45, 7) is 1.78. The van der Waals surface area contributed by atoms with E-state index in [4.69, 9.17) is 4.42 Å². The Balaban J connectivity index is 1.19. The summed E-state index contributed by atoms with van der Waals surface area (Å²) in [5.74, 6) is -0.259. The number of carbonyl (C=O) groups is 3. The van der Waals surface area contributed by atoms with E-state index in [0.29, 0.717) is 48.9 Å². The number of nitrogens with zero attached hydrogens (tertiary/aromatic N) is 3. The van der Waals surface area contributed by atoms with Gasteiger partial charge in [0.25, 0.3) is 17.7 Å². The molecule has 0 saturated carbocycles. The number of rotatable bonds is 4. The van der Waals surface area contributed by atoms with Crippen molar-refractivity contribution in [2.75, 3.05) is 31.5 Å². The molecule has 1 saturated heterocycles. The molecule has 0 spiro atoms. The Bertz CT molecular complexity index is 1310. The largest absolute Gasteiger partial charge is 0.459 e. The summed E-state index contributed by atoms with van der Waals surface area (Å²) in [7, 11) is 0. The topological polar surface area (TPSA) is 95.8 Å². The number of hydrogen-bond acceptors (Lipinski definition) is 6. The fourth-order valence-corrected chi connectivity index (χ4v) is 4.56. The third kappa shape index (κ3) is 4.22. The lowest BCUT2D eigenvalue weighted by molar-refractivity contribution is 0.0518. The highest BCUT2D eigenvalue weighted by atomic mass is 32.1. The molecule has 0 aliphatic carbocycles. The van der Waals surface area contributed by atoms with Gasteiger partial charge in [0.1, 0.15) is 5.69 Å². The highest BCUT2D eigenvalue weighted by molar-refractivity contribution is 7.13. The third-order valence-corrected chi connectivity index (χ3v) is 6.39. The van der Waals surface area contributed by atoms with E-state index < -0.39 is 0 Å². The Morgan fingerprint density at radius 1 is 0.848 bits per heavy atom. The number of carbonyl (C=O) groups excluding carboxylic acids is 3. The summed E-state index contributed by atoms with van der Waals surface area (Å²) in [6.07, 6.45) is 1.47. The molecule has 8 nitrogen and oxygen atoms in total. The molecule has 4 aromatic rings. The average Bonchev–Trinajstić information content (AvgIpc) is 3.54. The van der Waals surface area contributed by atoms with Crippen LogP contribution in [0, 0.1) is 0 Å². The van der Waals surface area contributed by atoms with E-state index in [1.165, 1.54) is 17.8 Å². The van der Waals surface area contributed by atoms with Crippen LogP contribution in [0.25, 0.3) is 10.1 Å². The van der Waals surface area contributed by atoms with Crippen molar-refractivity contribution in [1.29, 1.82) is 0 Å². The zero-order valence-corrected chi connectivity index (χ0v) is 18.4. The van der Waals surface area contributed by atoms with Crippen LogP contribution in [0.15, 0.2) is 71.3 Å². The van der Waals surface area contributed by atoms with Crippen molar-refractivity contribution >= 4 is 45.0 Å². The quantitative estimate of drug-likeness (QED) is 0.501. The minimum absolute atomic E-state index is 0.108. The molecule has 3 amide bonds. The minimum Gasteiger partial charge on any atom is -0.459 e. The van der Waals surface area contributed by atoms with E-state index in [9.17, 15) is 14.4 Å². The van der Waals surface area contributed by atoms with Crippen LogP contribution in [0.4, 0.5) is 5.69 Å². The molecule has 1 aliphatic heterocycles. The molecule has 9 heteroatoms. The number of benzene rings is 2. The number of nitrogens with one attached hydrogen (secondary N) is 1. The molecular formula is C24H20N4O4S. The molecule has 1 fully saturated rings. The summed E-state index contributed by atoms with van der Waals surface area (Å²) in [6, 6.07) is 17.7. The SMILES string of the molecule is O=C(Nc1ccc(C(=O)N2CCN(C(=O)c3ccco3)CC2)cc1)c1nsc2ccccc12. The number of amides is 3. The second-order valence-corrected chi connectivity index (χ2v) is 8.43. The van der Waals surface area contributed by atoms with E-state index in [0.717, 1.165) is 10.1 Å². The molecular weight excluding hydrogens is 440 g/mol. The van der Waals surface area contributed by atoms with Gasteiger partial charge in [-0.2, -0.15) is 4.37 Å². The lowest BCUT2D eigenvalue weighted by Gasteiger charge is -2.34. The molecule has 2 aromatic heterocycles. The highest BCUT2D eigenvalue weighted by Gasteiger charge is 2.26. The maximum absolute atomic E-state index is 12.9. The molecule has 0 atom stereocenters. The van der Waals surface area contributed by atoms with Crippen LogP contribution < -0.4 is 5.32 Å². The van der Waals surface area contributed by atoms with Gasteiger partial charge in [0, 0.05) is 42.8 Å². The van der Waals surface area contributed by atoms with E-state index in [2.05, 4.69) is 9.69 Å².